The lowest BCUT2D eigenvalue weighted by Gasteiger charge is -2.06. The van der Waals surface area contributed by atoms with Gasteiger partial charge in [0.15, 0.2) is 0 Å². The van der Waals surface area contributed by atoms with E-state index in [-0.39, 0.29) is 0 Å². The van der Waals surface area contributed by atoms with E-state index in [1.54, 1.807) is 0 Å². The normalized spacial score (nSPS) is 10.8. The topological polar surface area (TPSA) is 29.9 Å². The second-order valence-corrected chi connectivity index (χ2v) is 4.73. The lowest BCUT2D eigenvalue weighted by Crippen LogP contribution is -2.15. The Hall–Kier alpha value is -1.32. The third-order valence-corrected chi connectivity index (χ3v) is 3.19. The van der Waals surface area contributed by atoms with Gasteiger partial charge in [-0.1, -0.05) is 24.3 Å². The number of hydrogen-bond donors (Lipinski definition) is 1. The first-order chi connectivity index (χ1) is 8.69. The number of rotatable bonds is 5. The van der Waals surface area contributed by atoms with Gasteiger partial charge in [0.2, 0.25) is 0 Å². The third kappa shape index (κ3) is 3.34. The molecule has 3 nitrogen and oxygen atoms in total. The van der Waals surface area contributed by atoms with Crippen LogP contribution in [0.1, 0.15) is 22.5 Å². The molecule has 96 valence electrons. The second kappa shape index (κ2) is 6.03. The Morgan fingerprint density at radius 3 is 2.67 bits per heavy atom. The fourth-order valence-electron chi connectivity index (χ4n) is 1.99. The van der Waals surface area contributed by atoms with Crippen molar-refractivity contribution in [3.63, 3.8) is 0 Å². The number of hydrogen-bond acceptors (Lipinski definition) is 2. The van der Waals surface area contributed by atoms with E-state index >= 15 is 0 Å². The van der Waals surface area contributed by atoms with Crippen molar-refractivity contribution in [2.24, 2.45) is 7.05 Å². The van der Waals surface area contributed by atoms with Crippen molar-refractivity contribution in [3.8, 4) is 0 Å². The highest BCUT2D eigenvalue weighted by molar-refractivity contribution is 6.17. The van der Waals surface area contributed by atoms with Gasteiger partial charge < -0.3 is 5.32 Å². The molecule has 1 heterocycles. The van der Waals surface area contributed by atoms with Crippen molar-refractivity contribution in [1.82, 2.24) is 15.1 Å². The highest BCUT2D eigenvalue weighted by atomic mass is 35.5. The van der Waals surface area contributed by atoms with Crippen LogP contribution in [0.15, 0.2) is 30.3 Å². The summed E-state index contributed by atoms with van der Waals surface area (Å²) in [4.78, 5) is 0. The summed E-state index contributed by atoms with van der Waals surface area (Å²) < 4.78 is 1.91. The van der Waals surface area contributed by atoms with Crippen LogP contribution in [-0.2, 0) is 26.0 Å². The molecule has 0 amide bonds. The number of aromatic nitrogens is 2. The van der Waals surface area contributed by atoms with Crippen LogP contribution >= 0.6 is 11.6 Å². The van der Waals surface area contributed by atoms with E-state index in [1.807, 2.05) is 30.8 Å². The number of alkyl halides is 1. The first kappa shape index (κ1) is 13.1. The minimum absolute atomic E-state index is 0.564. The lowest BCUT2D eigenvalue weighted by molar-refractivity contribution is 0.624. The van der Waals surface area contributed by atoms with Gasteiger partial charge in [0.05, 0.1) is 11.4 Å². The zero-order valence-corrected chi connectivity index (χ0v) is 11.5. The van der Waals surface area contributed by atoms with Gasteiger partial charge in [-0.2, -0.15) is 5.10 Å². The Labute approximate surface area is 113 Å². The summed E-state index contributed by atoms with van der Waals surface area (Å²) in [5.41, 5.74) is 4.67. The second-order valence-electron chi connectivity index (χ2n) is 4.46. The summed E-state index contributed by atoms with van der Waals surface area (Å²) in [6.07, 6.45) is 0. The van der Waals surface area contributed by atoms with Crippen molar-refractivity contribution in [2.75, 3.05) is 0 Å². The van der Waals surface area contributed by atoms with Gasteiger partial charge in [-0.05, 0) is 24.1 Å². The number of aryl methyl sites for hydroxylation is 2. The largest absolute Gasteiger partial charge is 0.307 e. The average molecular weight is 264 g/mol. The molecule has 4 heteroatoms. The van der Waals surface area contributed by atoms with Gasteiger partial charge in [0.25, 0.3) is 0 Å². The van der Waals surface area contributed by atoms with Crippen molar-refractivity contribution >= 4 is 11.6 Å². The highest BCUT2D eigenvalue weighted by Gasteiger charge is 2.01. The fourth-order valence-corrected chi connectivity index (χ4v) is 2.15. The molecule has 0 fully saturated rings. The summed E-state index contributed by atoms with van der Waals surface area (Å²) in [7, 11) is 1.97. The highest BCUT2D eigenvalue weighted by Crippen LogP contribution is 2.08. The van der Waals surface area contributed by atoms with Crippen LogP contribution in [0, 0.1) is 6.92 Å². The summed E-state index contributed by atoms with van der Waals surface area (Å²) in [6, 6.07) is 10.4. The minimum Gasteiger partial charge on any atom is -0.307 e. The minimum atomic E-state index is 0.564. The number of benzene rings is 1. The third-order valence-electron chi connectivity index (χ3n) is 2.88. The molecule has 1 aromatic heterocycles. The maximum atomic E-state index is 5.82. The van der Waals surface area contributed by atoms with E-state index in [2.05, 4.69) is 28.6 Å². The number of halogens is 1. The molecular weight excluding hydrogens is 246 g/mol. The number of nitrogens with one attached hydrogen (secondary N) is 1. The Bertz CT molecular complexity index is 520. The molecule has 0 saturated carbocycles. The van der Waals surface area contributed by atoms with E-state index < -0.39 is 0 Å². The molecule has 0 unspecified atom stereocenters. The van der Waals surface area contributed by atoms with Crippen LogP contribution < -0.4 is 5.32 Å². The molecule has 18 heavy (non-hydrogen) atoms. The average Bonchev–Trinajstić information content (AvgIpc) is 2.68. The molecule has 0 aliphatic heterocycles. The monoisotopic (exact) mass is 263 g/mol. The first-order valence-electron chi connectivity index (χ1n) is 6.03. The zero-order chi connectivity index (χ0) is 13.0. The summed E-state index contributed by atoms with van der Waals surface area (Å²) in [5, 5.41) is 7.74. The summed E-state index contributed by atoms with van der Waals surface area (Å²) in [6.45, 7) is 3.67. The molecule has 0 saturated heterocycles. The van der Waals surface area contributed by atoms with E-state index in [0.29, 0.717) is 5.88 Å². The van der Waals surface area contributed by atoms with Gasteiger partial charge in [0.1, 0.15) is 0 Å². The SMILES string of the molecule is Cc1cc(CNCc2cccc(CCl)c2)n(C)n1. The van der Waals surface area contributed by atoms with Gasteiger partial charge in [-0.25, -0.2) is 0 Å². The van der Waals surface area contributed by atoms with E-state index in [9.17, 15) is 0 Å². The standard InChI is InChI=1S/C14H18ClN3/c1-11-6-14(18(2)17-11)10-16-9-13-5-3-4-12(7-13)8-15/h3-7,16H,8-10H2,1-2H3. The molecule has 0 aliphatic rings. The Balaban J connectivity index is 1.90. The summed E-state index contributed by atoms with van der Waals surface area (Å²) in [5.74, 6) is 0.564. The van der Waals surface area contributed by atoms with E-state index in [1.165, 1.54) is 11.3 Å². The molecule has 0 aliphatic carbocycles. The Morgan fingerprint density at radius 1 is 1.22 bits per heavy atom. The quantitative estimate of drug-likeness (QED) is 0.841. The van der Waals surface area contributed by atoms with Crippen molar-refractivity contribution in [1.29, 1.82) is 0 Å². The van der Waals surface area contributed by atoms with Gasteiger partial charge >= 0.3 is 0 Å². The molecule has 0 atom stereocenters. The van der Waals surface area contributed by atoms with Gasteiger partial charge in [-0.15, -0.1) is 11.6 Å². The smallest absolute Gasteiger partial charge is 0.0597 e. The van der Waals surface area contributed by atoms with Crippen molar-refractivity contribution < 1.29 is 0 Å². The predicted molar refractivity (Wildman–Crippen MR) is 74.5 cm³/mol. The van der Waals surface area contributed by atoms with Crippen LogP contribution in [0.25, 0.3) is 0 Å². The lowest BCUT2D eigenvalue weighted by atomic mass is 10.1. The maximum absolute atomic E-state index is 5.82. The van der Waals surface area contributed by atoms with Crippen molar-refractivity contribution in [3.05, 3.63) is 52.8 Å². The Morgan fingerprint density at radius 2 is 2.00 bits per heavy atom. The molecule has 2 aromatic rings. The van der Waals surface area contributed by atoms with Crippen LogP contribution in [0.3, 0.4) is 0 Å². The Kier molecular flexibility index (Phi) is 4.39. The maximum Gasteiger partial charge on any atom is 0.0597 e. The van der Waals surface area contributed by atoms with Crippen LogP contribution in [0.5, 0.6) is 0 Å². The van der Waals surface area contributed by atoms with Crippen LogP contribution in [0.4, 0.5) is 0 Å². The van der Waals surface area contributed by atoms with Crippen molar-refractivity contribution in [2.45, 2.75) is 25.9 Å². The zero-order valence-electron chi connectivity index (χ0n) is 10.8. The van der Waals surface area contributed by atoms with E-state index in [0.717, 1.165) is 24.3 Å². The van der Waals surface area contributed by atoms with E-state index in [4.69, 9.17) is 11.6 Å². The molecule has 0 spiro atoms. The predicted octanol–water partition coefficient (Wildman–Crippen LogP) is 2.76. The van der Waals surface area contributed by atoms with Gasteiger partial charge in [0, 0.05) is 26.0 Å². The molecule has 2 rings (SSSR count). The summed E-state index contributed by atoms with van der Waals surface area (Å²) >= 11 is 5.82. The fraction of sp³-hybridized carbons (Fsp3) is 0.357. The molecule has 0 radical (unpaired) electrons. The molecule has 1 N–H and O–H groups in total. The molecule has 0 bridgehead atoms. The first-order valence-corrected chi connectivity index (χ1v) is 6.56. The van der Waals surface area contributed by atoms with Crippen LogP contribution in [-0.4, -0.2) is 9.78 Å². The van der Waals surface area contributed by atoms with Crippen LogP contribution in [0.2, 0.25) is 0 Å². The van der Waals surface area contributed by atoms with Gasteiger partial charge in [-0.3, -0.25) is 4.68 Å². The molecule has 1 aromatic carbocycles. The number of nitrogens with zero attached hydrogens (tertiary/aromatic N) is 2. The molecular formula is C14H18ClN3.